The van der Waals surface area contributed by atoms with Crippen molar-refractivity contribution in [1.29, 1.82) is 5.26 Å². The number of carbonyl (C=O) groups is 1. The molecule has 0 spiro atoms. The van der Waals surface area contributed by atoms with Gasteiger partial charge in [-0.05, 0) is 88.2 Å². The van der Waals surface area contributed by atoms with E-state index in [9.17, 15) is 9.90 Å². The van der Waals surface area contributed by atoms with Crippen LogP contribution in [0.3, 0.4) is 0 Å². The van der Waals surface area contributed by atoms with Gasteiger partial charge in [0, 0.05) is 18.2 Å². The highest BCUT2D eigenvalue weighted by Crippen LogP contribution is 2.34. The van der Waals surface area contributed by atoms with Crippen LogP contribution in [0.4, 0.5) is 0 Å². The molecule has 0 amide bonds. The van der Waals surface area contributed by atoms with Crippen molar-refractivity contribution in [2.45, 2.75) is 25.2 Å². The predicted molar refractivity (Wildman–Crippen MR) is 155 cm³/mol. The minimum absolute atomic E-state index is 0.0787. The van der Waals surface area contributed by atoms with E-state index in [0.29, 0.717) is 57.0 Å². The maximum Gasteiger partial charge on any atom is 0.342 e. The Labute approximate surface area is 244 Å². The van der Waals surface area contributed by atoms with Gasteiger partial charge in [-0.1, -0.05) is 18.2 Å². The molecule has 4 aromatic rings. The second-order valence-electron chi connectivity index (χ2n) is 8.35. The zero-order chi connectivity index (χ0) is 28.6. The molecule has 1 N–H and O–H groups in total. The summed E-state index contributed by atoms with van der Waals surface area (Å²) < 4.78 is 19.2. The Kier molecular flexibility index (Phi) is 9.47. The number of hydrogen-bond donors (Lipinski definition) is 1. The van der Waals surface area contributed by atoms with Crippen LogP contribution in [-0.4, -0.2) is 40.1 Å². The lowest BCUT2D eigenvalue weighted by molar-refractivity contribution is -0.131. The molecule has 0 unspecified atom stereocenters. The third kappa shape index (κ3) is 6.83. The fourth-order valence-electron chi connectivity index (χ4n) is 3.74. The molecule has 204 valence electrons. The molecule has 4 rings (SSSR count). The summed E-state index contributed by atoms with van der Waals surface area (Å²) in [6, 6.07) is 20.0. The number of benzene rings is 3. The van der Waals surface area contributed by atoms with Gasteiger partial charge in [0.1, 0.15) is 28.8 Å². The summed E-state index contributed by atoms with van der Waals surface area (Å²) in [5.74, 6) is 1.30. The lowest BCUT2D eigenvalue weighted by Gasteiger charge is -2.11. The third-order valence-corrected chi connectivity index (χ3v) is 7.40. The number of halogens is 1. The second-order valence-corrected chi connectivity index (χ2v) is 10.2. The van der Waals surface area contributed by atoms with Crippen molar-refractivity contribution in [3.63, 3.8) is 0 Å². The molecule has 3 aromatic carbocycles. The molecule has 0 atom stereocenters. The van der Waals surface area contributed by atoms with Gasteiger partial charge in [-0.15, -0.1) is 10.2 Å². The van der Waals surface area contributed by atoms with Crippen LogP contribution in [0.5, 0.6) is 17.2 Å². The van der Waals surface area contributed by atoms with Gasteiger partial charge in [0.15, 0.2) is 11.0 Å². The van der Waals surface area contributed by atoms with Crippen LogP contribution >= 0.6 is 27.7 Å². The normalized spacial score (nSPS) is 11.1. The Hall–Kier alpha value is -4.27. The Bertz CT molecular complexity index is 1570. The van der Waals surface area contributed by atoms with E-state index >= 15 is 0 Å². The van der Waals surface area contributed by atoms with Crippen molar-refractivity contribution in [2.75, 3.05) is 14.2 Å². The van der Waals surface area contributed by atoms with Crippen LogP contribution in [0.15, 0.2) is 75.2 Å². The molecular weight excluding hydrogens is 596 g/mol. The molecule has 0 saturated carbocycles. The van der Waals surface area contributed by atoms with E-state index < -0.39 is 5.97 Å². The molecule has 0 fully saturated rings. The summed E-state index contributed by atoms with van der Waals surface area (Å²) in [5.41, 5.74) is 2.91. The largest absolute Gasteiger partial charge is 0.497 e. The highest BCUT2D eigenvalue weighted by Gasteiger charge is 2.19. The van der Waals surface area contributed by atoms with Gasteiger partial charge in [0.2, 0.25) is 0 Å². The molecular formula is C29H25BrN4O5S. The van der Waals surface area contributed by atoms with Gasteiger partial charge in [-0.3, -0.25) is 0 Å². The number of aromatic nitrogens is 3. The number of thioether (sulfide) groups is 1. The van der Waals surface area contributed by atoms with Gasteiger partial charge >= 0.3 is 5.97 Å². The highest BCUT2D eigenvalue weighted by atomic mass is 79.9. The molecule has 11 heteroatoms. The summed E-state index contributed by atoms with van der Waals surface area (Å²) in [6.07, 6.45) is 1.57. The zero-order valence-electron chi connectivity index (χ0n) is 21.9. The number of ether oxygens (including phenoxy) is 3. The summed E-state index contributed by atoms with van der Waals surface area (Å²) in [7, 11) is 3.14. The number of nitrogens with zero attached hydrogens (tertiary/aromatic N) is 4. The first kappa shape index (κ1) is 28.7. The highest BCUT2D eigenvalue weighted by molar-refractivity contribution is 9.10. The van der Waals surface area contributed by atoms with Gasteiger partial charge in [-0.2, -0.15) is 5.26 Å². The van der Waals surface area contributed by atoms with Crippen LogP contribution in [0.2, 0.25) is 0 Å². The van der Waals surface area contributed by atoms with E-state index in [0.717, 1.165) is 22.9 Å². The van der Waals surface area contributed by atoms with Crippen LogP contribution < -0.4 is 14.2 Å². The molecule has 1 heterocycles. The number of carboxylic acids is 1. The Balaban J connectivity index is 1.55. The first-order chi connectivity index (χ1) is 19.3. The summed E-state index contributed by atoms with van der Waals surface area (Å²) in [5, 5.41) is 27.9. The summed E-state index contributed by atoms with van der Waals surface area (Å²) in [6.45, 7) is 2.78. The third-order valence-electron chi connectivity index (χ3n) is 5.79. The van der Waals surface area contributed by atoms with Gasteiger partial charge in [-0.25, -0.2) is 4.79 Å². The number of carboxylic acid groups (broad SMARTS) is 1. The molecule has 0 aliphatic heterocycles. The predicted octanol–water partition coefficient (Wildman–Crippen LogP) is 6.41. The fourth-order valence-corrected chi connectivity index (χ4v) is 5.14. The van der Waals surface area contributed by atoms with Crippen LogP contribution in [0, 0.1) is 11.3 Å². The molecule has 40 heavy (non-hydrogen) atoms. The molecule has 0 aliphatic carbocycles. The van der Waals surface area contributed by atoms with E-state index in [1.165, 1.54) is 0 Å². The molecule has 0 saturated heterocycles. The van der Waals surface area contributed by atoms with E-state index in [4.69, 9.17) is 19.5 Å². The number of aliphatic carboxylic acids is 1. The molecule has 0 bridgehead atoms. The van der Waals surface area contributed by atoms with Crippen molar-refractivity contribution < 1.29 is 24.1 Å². The maximum absolute atomic E-state index is 12.2. The summed E-state index contributed by atoms with van der Waals surface area (Å²) >= 11 is 4.53. The number of rotatable bonds is 11. The lowest BCUT2D eigenvalue weighted by Crippen LogP contribution is -2.03. The van der Waals surface area contributed by atoms with E-state index in [-0.39, 0.29) is 4.91 Å². The zero-order valence-corrected chi connectivity index (χ0v) is 24.3. The van der Waals surface area contributed by atoms with Crippen molar-refractivity contribution in [3.8, 4) is 34.7 Å². The van der Waals surface area contributed by atoms with E-state index in [2.05, 4.69) is 32.2 Å². The Morgan fingerprint density at radius 3 is 2.35 bits per heavy atom. The average molecular weight is 622 g/mol. The molecule has 0 radical (unpaired) electrons. The topological polar surface area (TPSA) is 119 Å². The second kappa shape index (κ2) is 13.2. The number of hydrogen-bond acceptors (Lipinski definition) is 8. The molecule has 9 nitrogen and oxygen atoms in total. The van der Waals surface area contributed by atoms with Gasteiger partial charge in [0.05, 0.1) is 30.3 Å². The van der Waals surface area contributed by atoms with Crippen LogP contribution in [0.25, 0.3) is 17.5 Å². The van der Waals surface area contributed by atoms with Crippen molar-refractivity contribution in [3.05, 3.63) is 86.7 Å². The van der Waals surface area contributed by atoms with Gasteiger partial charge < -0.3 is 23.9 Å². The monoisotopic (exact) mass is 620 g/mol. The average Bonchev–Trinajstić information content (AvgIpc) is 3.38. The maximum atomic E-state index is 12.2. The lowest BCUT2D eigenvalue weighted by atomic mass is 10.1. The SMILES string of the molecule is CCn1c(S/C(=C\c2ccc(OCc3ccc(C#N)cc3)c(Br)c2)C(=O)O)nnc1-c1cc(OC)cc(OC)c1. The van der Waals surface area contributed by atoms with Crippen molar-refractivity contribution in [1.82, 2.24) is 14.8 Å². The first-order valence-electron chi connectivity index (χ1n) is 12.1. The van der Waals surface area contributed by atoms with Crippen molar-refractivity contribution in [2.24, 2.45) is 0 Å². The van der Waals surface area contributed by atoms with E-state index in [1.807, 2.05) is 35.8 Å². The van der Waals surface area contributed by atoms with Crippen LogP contribution in [0.1, 0.15) is 23.6 Å². The molecule has 0 aliphatic rings. The van der Waals surface area contributed by atoms with E-state index in [1.54, 1.807) is 56.7 Å². The standard InChI is InChI=1S/C29H25BrN4O5S/c1-4-34-27(21-13-22(37-2)15-23(14-21)38-3)32-33-29(34)40-26(28(35)36)12-20-9-10-25(24(30)11-20)39-17-19-7-5-18(16-31)6-8-19/h5-15H,4,17H2,1-3H3,(H,35,36)/b26-12-. The minimum Gasteiger partial charge on any atom is -0.497 e. The minimum atomic E-state index is -1.09. The smallest absolute Gasteiger partial charge is 0.342 e. The summed E-state index contributed by atoms with van der Waals surface area (Å²) in [4.78, 5) is 12.3. The van der Waals surface area contributed by atoms with Crippen LogP contribution in [-0.2, 0) is 17.9 Å². The number of methoxy groups -OCH3 is 2. The Morgan fingerprint density at radius 1 is 1.07 bits per heavy atom. The Morgan fingerprint density at radius 2 is 1.77 bits per heavy atom. The fraction of sp³-hybridized carbons (Fsp3) is 0.172. The number of nitriles is 1. The quantitative estimate of drug-likeness (QED) is 0.150. The van der Waals surface area contributed by atoms with Gasteiger partial charge in [0.25, 0.3) is 0 Å². The van der Waals surface area contributed by atoms with Crippen molar-refractivity contribution >= 4 is 39.7 Å². The molecule has 1 aromatic heterocycles. The first-order valence-corrected chi connectivity index (χ1v) is 13.7.